The number of hydrogen-bond donors (Lipinski definition) is 0. The predicted molar refractivity (Wildman–Crippen MR) is 42.2 cm³/mol. The van der Waals surface area contributed by atoms with E-state index >= 15 is 0 Å². The van der Waals surface area contributed by atoms with Crippen LogP contribution in [0.5, 0.6) is 5.75 Å². The van der Waals surface area contributed by atoms with Gasteiger partial charge in [0.2, 0.25) is 0 Å². The molecule has 2 nitrogen and oxygen atoms in total. The Hall–Kier alpha value is -1.02. The number of ether oxygens (including phenoxy) is 1. The summed E-state index contributed by atoms with van der Waals surface area (Å²) in [4.78, 5) is 0. The van der Waals surface area contributed by atoms with Gasteiger partial charge in [-0.25, -0.2) is 5.11 Å². The highest BCUT2D eigenvalue weighted by Crippen LogP contribution is 2.11. The summed E-state index contributed by atoms with van der Waals surface area (Å²) in [6, 6.07) is 7.66. The minimum Gasteiger partial charge on any atom is -0.491 e. The van der Waals surface area contributed by atoms with Crippen LogP contribution in [0.25, 0.3) is 0 Å². The smallest absolute Gasteiger partial charge is 0.119 e. The van der Waals surface area contributed by atoms with Crippen molar-refractivity contribution >= 4 is 0 Å². The molecule has 0 atom stereocenters. The molecule has 1 radical (unpaired) electrons. The first-order valence-corrected chi connectivity index (χ1v) is 3.60. The second kappa shape index (κ2) is 3.98. The summed E-state index contributed by atoms with van der Waals surface area (Å²) in [6.45, 7) is 2.06. The van der Waals surface area contributed by atoms with Crippen LogP contribution in [0.15, 0.2) is 24.3 Å². The number of hydrogen-bond acceptors (Lipinski definition) is 1. The van der Waals surface area contributed by atoms with Crippen LogP contribution in [0, 0.1) is 6.92 Å². The van der Waals surface area contributed by atoms with Crippen LogP contribution in [0.3, 0.4) is 0 Å². The predicted octanol–water partition coefficient (Wildman–Crippen LogP) is 1.80. The Balaban J connectivity index is 2.56. The van der Waals surface area contributed by atoms with Crippen LogP contribution in [0.4, 0.5) is 0 Å². The third-order valence-corrected chi connectivity index (χ3v) is 1.34. The van der Waals surface area contributed by atoms with Gasteiger partial charge in [0.1, 0.15) is 19.0 Å². The minimum absolute atomic E-state index is 0.187. The molecule has 0 aliphatic carbocycles. The topological polar surface area (TPSA) is 29.1 Å². The fourth-order valence-corrected chi connectivity index (χ4v) is 0.865. The number of aryl methyl sites for hydroxylation is 1. The lowest BCUT2D eigenvalue weighted by Crippen LogP contribution is -2.00. The molecular formula is C9H11O2. The highest BCUT2D eigenvalue weighted by Gasteiger charge is 1.91. The first-order chi connectivity index (χ1) is 5.33. The van der Waals surface area contributed by atoms with Crippen molar-refractivity contribution in [2.75, 3.05) is 13.2 Å². The maximum Gasteiger partial charge on any atom is 0.119 e. The number of benzene rings is 1. The molecule has 0 N–H and O–H groups in total. The van der Waals surface area contributed by atoms with Crippen molar-refractivity contribution in [2.24, 2.45) is 0 Å². The first kappa shape index (κ1) is 8.08. The van der Waals surface area contributed by atoms with E-state index in [1.807, 2.05) is 31.2 Å². The van der Waals surface area contributed by atoms with Crippen molar-refractivity contribution in [1.82, 2.24) is 0 Å². The molecule has 0 saturated heterocycles. The summed E-state index contributed by atoms with van der Waals surface area (Å²) in [5.74, 6) is 0.779. The minimum atomic E-state index is -0.187. The molecule has 1 aromatic rings. The molecular weight excluding hydrogens is 140 g/mol. The van der Waals surface area contributed by atoms with Gasteiger partial charge in [0.05, 0.1) is 0 Å². The molecule has 0 amide bonds. The molecule has 0 unspecified atom stereocenters. The van der Waals surface area contributed by atoms with Gasteiger partial charge in [-0.3, -0.25) is 0 Å². The van der Waals surface area contributed by atoms with E-state index in [9.17, 15) is 5.11 Å². The Morgan fingerprint density at radius 2 is 2.27 bits per heavy atom. The van der Waals surface area contributed by atoms with Crippen LogP contribution in [0.1, 0.15) is 5.56 Å². The van der Waals surface area contributed by atoms with Crippen molar-refractivity contribution in [3.8, 4) is 5.75 Å². The summed E-state index contributed by atoms with van der Waals surface area (Å²) in [5.41, 5.74) is 1.15. The van der Waals surface area contributed by atoms with Crippen molar-refractivity contribution < 1.29 is 9.84 Å². The third-order valence-electron chi connectivity index (χ3n) is 1.34. The monoisotopic (exact) mass is 151 g/mol. The zero-order valence-corrected chi connectivity index (χ0v) is 6.54. The van der Waals surface area contributed by atoms with E-state index in [0.717, 1.165) is 11.3 Å². The zero-order chi connectivity index (χ0) is 8.10. The summed E-state index contributed by atoms with van der Waals surface area (Å²) in [5, 5.41) is 10.1. The van der Waals surface area contributed by atoms with Gasteiger partial charge in [-0.1, -0.05) is 12.1 Å². The summed E-state index contributed by atoms with van der Waals surface area (Å²) in [6.07, 6.45) is 0. The Morgan fingerprint density at radius 1 is 1.45 bits per heavy atom. The molecule has 0 spiro atoms. The van der Waals surface area contributed by atoms with Gasteiger partial charge in [0.25, 0.3) is 0 Å². The lowest BCUT2D eigenvalue weighted by molar-refractivity contribution is 0.138. The van der Waals surface area contributed by atoms with Gasteiger partial charge in [-0.2, -0.15) is 0 Å². The summed E-state index contributed by atoms with van der Waals surface area (Å²) < 4.78 is 5.12. The second-order valence-corrected chi connectivity index (χ2v) is 2.37. The molecule has 2 heteroatoms. The highest BCUT2D eigenvalue weighted by molar-refractivity contribution is 5.27. The van der Waals surface area contributed by atoms with Crippen molar-refractivity contribution in [1.29, 1.82) is 0 Å². The van der Waals surface area contributed by atoms with Crippen molar-refractivity contribution in [3.05, 3.63) is 29.8 Å². The lowest BCUT2D eigenvalue weighted by atomic mass is 10.2. The molecule has 0 heterocycles. The van der Waals surface area contributed by atoms with Gasteiger partial charge in [-0.05, 0) is 24.6 Å². The summed E-state index contributed by atoms with van der Waals surface area (Å²) in [7, 11) is 0. The Morgan fingerprint density at radius 3 is 2.91 bits per heavy atom. The van der Waals surface area contributed by atoms with Crippen molar-refractivity contribution in [2.45, 2.75) is 6.92 Å². The van der Waals surface area contributed by atoms with Gasteiger partial charge in [-0.15, -0.1) is 0 Å². The molecule has 1 aromatic carbocycles. The maximum absolute atomic E-state index is 10.1. The van der Waals surface area contributed by atoms with E-state index in [1.54, 1.807) is 0 Å². The largest absolute Gasteiger partial charge is 0.491 e. The standard InChI is InChI=1S/C9H11O2/c1-8-3-2-4-9(7-8)11-6-5-10/h2-4,7H,5-6H2,1H3. The fourth-order valence-electron chi connectivity index (χ4n) is 0.865. The van der Waals surface area contributed by atoms with E-state index in [-0.39, 0.29) is 13.2 Å². The zero-order valence-electron chi connectivity index (χ0n) is 6.54. The first-order valence-electron chi connectivity index (χ1n) is 3.60. The maximum atomic E-state index is 10.1. The normalized spacial score (nSPS) is 9.64. The molecule has 0 aliphatic rings. The molecule has 0 bridgehead atoms. The molecule has 0 aliphatic heterocycles. The Labute approximate surface area is 66.4 Å². The van der Waals surface area contributed by atoms with Gasteiger partial charge in [0, 0.05) is 0 Å². The average Bonchev–Trinajstić information content (AvgIpc) is 2.01. The number of rotatable bonds is 3. The SMILES string of the molecule is Cc1cccc(OCC[O])c1. The molecule has 59 valence electrons. The average molecular weight is 151 g/mol. The molecule has 0 saturated carbocycles. The van der Waals surface area contributed by atoms with E-state index in [2.05, 4.69) is 0 Å². The van der Waals surface area contributed by atoms with Gasteiger partial charge >= 0.3 is 0 Å². The van der Waals surface area contributed by atoms with E-state index in [1.165, 1.54) is 0 Å². The molecule has 0 aromatic heterocycles. The second-order valence-electron chi connectivity index (χ2n) is 2.37. The van der Waals surface area contributed by atoms with E-state index < -0.39 is 0 Å². The quantitative estimate of drug-likeness (QED) is 0.647. The van der Waals surface area contributed by atoms with Gasteiger partial charge < -0.3 is 4.74 Å². The highest BCUT2D eigenvalue weighted by atomic mass is 16.5. The Bertz CT molecular complexity index is 221. The molecule has 1 rings (SSSR count). The fraction of sp³-hybridized carbons (Fsp3) is 0.333. The van der Waals surface area contributed by atoms with Crippen LogP contribution in [-0.2, 0) is 5.11 Å². The summed E-state index contributed by atoms with van der Waals surface area (Å²) >= 11 is 0. The van der Waals surface area contributed by atoms with Crippen LogP contribution in [0.2, 0.25) is 0 Å². The lowest BCUT2D eigenvalue weighted by Gasteiger charge is -2.02. The van der Waals surface area contributed by atoms with Crippen molar-refractivity contribution in [3.63, 3.8) is 0 Å². The van der Waals surface area contributed by atoms with Gasteiger partial charge in [0.15, 0.2) is 0 Å². The Kier molecular flexibility index (Phi) is 2.93. The molecule has 11 heavy (non-hydrogen) atoms. The molecule has 0 fully saturated rings. The third kappa shape index (κ3) is 2.60. The van der Waals surface area contributed by atoms with E-state index in [0.29, 0.717) is 0 Å². The van der Waals surface area contributed by atoms with Crippen LogP contribution < -0.4 is 4.74 Å². The van der Waals surface area contributed by atoms with Crippen LogP contribution in [-0.4, -0.2) is 13.2 Å². The van der Waals surface area contributed by atoms with Crippen LogP contribution >= 0.6 is 0 Å². The van der Waals surface area contributed by atoms with E-state index in [4.69, 9.17) is 4.74 Å².